The maximum absolute atomic E-state index is 12.4. The lowest BCUT2D eigenvalue weighted by atomic mass is 9.81. The summed E-state index contributed by atoms with van der Waals surface area (Å²) >= 11 is 0. The summed E-state index contributed by atoms with van der Waals surface area (Å²) in [6, 6.07) is 0. The van der Waals surface area contributed by atoms with Gasteiger partial charge in [-0.3, -0.25) is 4.79 Å². The molecule has 18 heavy (non-hydrogen) atoms. The molecule has 0 aromatic carbocycles. The van der Waals surface area contributed by atoms with E-state index < -0.39 is 13.9 Å². The Morgan fingerprint density at radius 3 is 2.44 bits per heavy atom. The minimum atomic E-state index is -1.91. The quantitative estimate of drug-likeness (QED) is 0.555. The van der Waals surface area contributed by atoms with Crippen LogP contribution in [0, 0.1) is 0 Å². The van der Waals surface area contributed by atoms with E-state index in [0.717, 1.165) is 19.3 Å². The normalized spacial score (nSPS) is 26.2. The van der Waals surface area contributed by atoms with Crippen molar-refractivity contribution in [2.75, 3.05) is 0 Å². The van der Waals surface area contributed by atoms with Crippen LogP contribution in [0.2, 0.25) is 18.1 Å². The second kappa shape index (κ2) is 5.30. The minimum Gasteiger partial charge on any atom is -0.404 e. The van der Waals surface area contributed by atoms with Crippen molar-refractivity contribution in [3.05, 3.63) is 12.7 Å². The van der Waals surface area contributed by atoms with Crippen molar-refractivity contribution >= 4 is 14.1 Å². The number of Topliss-reactive ketones (excluding diaryl/α,β-unsaturated/α-hetero) is 1. The van der Waals surface area contributed by atoms with E-state index in [1.807, 2.05) is 6.08 Å². The van der Waals surface area contributed by atoms with Crippen LogP contribution in [0.5, 0.6) is 0 Å². The zero-order chi connectivity index (χ0) is 14.0. The Labute approximate surface area is 113 Å². The highest BCUT2D eigenvalue weighted by Crippen LogP contribution is 2.43. The van der Waals surface area contributed by atoms with Crippen LogP contribution in [-0.4, -0.2) is 19.7 Å². The number of carbonyl (C=O) groups excluding carboxylic acids is 1. The molecule has 0 heterocycles. The molecule has 1 atom stereocenters. The van der Waals surface area contributed by atoms with Gasteiger partial charge in [-0.15, -0.1) is 6.58 Å². The Hall–Kier alpha value is -0.413. The lowest BCUT2D eigenvalue weighted by Crippen LogP contribution is -2.54. The molecule has 104 valence electrons. The summed E-state index contributed by atoms with van der Waals surface area (Å²) in [6.45, 7) is 14.9. The zero-order valence-electron chi connectivity index (χ0n) is 12.6. The summed E-state index contributed by atoms with van der Waals surface area (Å²) in [5, 5.41) is 0.138. The first-order valence-electron chi connectivity index (χ1n) is 6.99. The van der Waals surface area contributed by atoms with Crippen molar-refractivity contribution in [2.24, 2.45) is 0 Å². The van der Waals surface area contributed by atoms with Crippen molar-refractivity contribution in [3.8, 4) is 0 Å². The molecule has 0 amide bonds. The van der Waals surface area contributed by atoms with Crippen molar-refractivity contribution in [1.82, 2.24) is 0 Å². The van der Waals surface area contributed by atoms with Crippen molar-refractivity contribution < 1.29 is 9.22 Å². The van der Waals surface area contributed by atoms with Crippen LogP contribution >= 0.6 is 0 Å². The number of hydrogen-bond donors (Lipinski definition) is 0. The van der Waals surface area contributed by atoms with E-state index in [-0.39, 0.29) is 5.04 Å². The summed E-state index contributed by atoms with van der Waals surface area (Å²) in [5.74, 6) is 0.290. The lowest BCUT2D eigenvalue weighted by molar-refractivity contribution is -0.138. The van der Waals surface area contributed by atoms with Gasteiger partial charge in [-0.2, -0.15) is 0 Å². The van der Waals surface area contributed by atoms with Gasteiger partial charge in [0.1, 0.15) is 5.60 Å². The van der Waals surface area contributed by atoms with Crippen LogP contribution < -0.4 is 0 Å². The third-order valence-electron chi connectivity index (χ3n) is 4.47. The molecule has 0 radical (unpaired) electrons. The summed E-state index contributed by atoms with van der Waals surface area (Å²) in [5.41, 5.74) is -0.566. The molecule has 0 spiro atoms. The average Bonchev–Trinajstić information content (AvgIpc) is 2.20. The van der Waals surface area contributed by atoms with Gasteiger partial charge in [-0.1, -0.05) is 26.8 Å². The van der Waals surface area contributed by atoms with Crippen LogP contribution in [0.3, 0.4) is 0 Å². The molecule has 1 saturated carbocycles. The predicted octanol–water partition coefficient (Wildman–Crippen LogP) is 4.47. The van der Waals surface area contributed by atoms with Gasteiger partial charge in [-0.25, -0.2) is 0 Å². The van der Waals surface area contributed by atoms with Crippen LogP contribution in [0.25, 0.3) is 0 Å². The largest absolute Gasteiger partial charge is 0.404 e. The molecular weight excluding hydrogens is 240 g/mol. The third-order valence-corrected chi connectivity index (χ3v) is 8.99. The zero-order valence-corrected chi connectivity index (χ0v) is 13.6. The van der Waals surface area contributed by atoms with Crippen LogP contribution in [-0.2, 0) is 9.22 Å². The third kappa shape index (κ3) is 3.12. The highest BCUT2D eigenvalue weighted by Gasteiger charge is 2.48. The van der Waals surface area contributed by atoms with Crippen molar-refractivity contribution in [3.63, 3.8) is 0 Å². The molecule has 1 fully saturated rings. The molecule has 1 aliphatic rings. The van der Waals surface area contributed by atoms with Gasteiger partial charge in [0.2, 0.25) is 0 Å². The smallest absolute Gasteiger partial charge is 0.193 e. The molecule has 1 aliphatic carbocycles. The summed E-state index contributed by atoms with van der Waals surface area (Å²) in [6.07, 6.45) is 6.15. The van der Waals surface area contributed by atoms with E-state index in [0.29, 0.717) is 18.6 Å². The van der Waals surface area contributed by atoms with Gasteiger partial charge in [-0.05, 0) is 37.4 Å². The second-order valence-electron chi connectivity index (χ2n) is 6.98. The highest BCUT2D eigenvalue weighted by atomic mass is 28.4. The van der Waals surface area contributed by atoms with E-state index in [1.165, 1.54) is 0 Å². The predicted molar refractivity (Wildman–Crippen MR) is 79.3 cm³/mol. The first kappa shape index (κ1) is 15.6. The Balaban J connectivity index is 2.99. The van der Waals surface area contributed by atoms with Crippen molar-refractivity contribution in [2.45, 2.75) is 76.6 Å². The lowest BCUT2D eigenvalue weighted by Gasteiger charge is -2.46. The monoisotopic (exact) mass is 268 g/mol. The fourth-order valence-electron chi connectivity index (χ4n) is 2.30. The van der Waals surface area contributed by atoms with E-state index in [2.05, 4.69) is 40.4 Å². The molecule has 3 heteroatoms. The standard InChI is InChI=1S/C15H28O2Si/c1-7-11-15(12-9-8-10-13(15)16)17-18(5,6)14(2,3)4/h7H,1,8-12H2,2-6H3/t15-/m0/s1. The molecule has 0 bridgehead atoms. The van der Waals surface area contributed by atoms with Gasteiger partial charge in [0.05, 0.1) is 0 Å². The Morgan fingerprint density at radius 1 is 1.39 bits per heavy atom. The molecule has 2 nitrogen and oxygen atoms in total. The molecule has 0 aliphatic heterocycles. The van der Waals surface area contributed by atoms with E-state index in [9.17, 15) is 4.79 Å². The van der Waals surface area contributed by atoms with Gasteiger partial charge in [0, 0.05) is 12.8 Å². The van der Waals surface area contributed by atoms with Crippen LogP contribution in [0.4, 0.5) is 0 Å². The number of rotatable bonds is 4. The molecule has 0 unspecified atom stereocenters. The SMILES string of the molecule is C=CC[C@]1(O[Si](C)(C)C(C)(C)C)CCCCC1=O. The fourth-order valence-corrected chi connectivity index (χ4v) is 3.89. The Bertz CT molecular complexity index is 328. The second-order valence-corrected chi connectivity index (χ2v) is 11.7. The first-order chi connectivity index (χ1) is 8.15. The van der Waals surface area contributed by atoms with Gasteiger partial charge >= 0.3 is 0 Å². The van der Waals surface area contributed by atoms with Gasteiger partial charge < -0.3 is 4.43 Å². The van der Waals surface area contributed by atoms with Crippen LogP contribution in [0.15, 0.2) is 12.7 Å². The highest BCUT2D eigenvalue weighted by molar-refractivity contribution is 6.74. The number of ketones is 1. The molecular formula is C15H28O2Si. The van der Waals surface area contributed by atoms with Crippen molar-refractivity contribution in [1.29, 1.82) is 0 Å². The minimum absolute atomic E-state index is 0.138. The molecule has 0 aromatic heterocycles. The maximum atomic E-state index is 12.4. The molecule has 0 N–H and O–H groups in total. The van der Waals surface area contributed by atoms with E-state index in [4.69, 9.17) is 4.43 Å². The Kier molecular flexibility index (Phi) is 4.60. The molecule has 0 aromatic rings. The summed E-state index contributed by atoms with van der Waals surface area (Å²) < 4.78 is 6.50. The van der Waals surface area contributed by atoms with Crippen LogP contribution in [0.1, 0.15) is 52.9 Å². The average molecular weight is 268 g/mol. The molecule has 1 rings (SSSR count). The fraction of sp³-hybridized carbons (Fsp3) is 0.800. The van der Waals surface area contributed by atoms with E-state index >= 15 is 0 Å². The Morgan fingerprint density at radius 2 is 2.00 bits per heavy atom. The van der Waals surface area contributed by atoms with Gasteiger partial charge in [0.15, 0.2) is 14.1 Å². The summed E-state index contributed by atoms with van der Waals surface area (Å²) in [4.78, 5) is 12.4. The topological polar surface area (TPSA) is 26.3 Å². The number of carbonyl (C=O) groups is 1. The number of hydrogen-bond acceptors (Lipinski definition) is 2. The van der Waals surface area contributed by atoms with Gasteiger partial charge in [0.25, 0.3) is 0 Å². The molecule has 0 saturated heterocycles. The van der Waals surface area contributed by atoms with E-state index in [1.54, 1.807) is 0 Å². The first-order valence-corrected chi connectivity index (χ1v) is 9.90. The maximum Gasteiger partial charge on any atom is 0.193 e. The summed E-state index contributed by atoms with van der Waals surface area (Å²) in [7, 11) is -1.91.